The van der Waals surface area contributed by atoms with Gasteiger partial charge in [-0.3, -0.25) is 0 Å². The number of methoxy groups -OCH3 is 1. The van der Waals surface area contributed by atoms with E-state index in [1.165, 1.54) is 11.3 Å². The Bertz CT molecular complexity index is 501. The van der Waals surface area contributed by atoms with Crippen LogP contribution in [0, 0.1) is 17.8 Å². The van der Waals surface area contributed by atoms with E-state index < -0.39 is 0 Å². The fraction of sp³-hybridized carbons (Fsp3) is 0.905. The molecule has 3 nitrogen and oxygen atoms in total. The molecule has 1 aliphatic carbocycles. The summed E-state index contributed by atoms with van der Waals surface area (Å²) in [6, 6.07) is 0. The third-order valence-electron chi connectivity index (χ3n) is 6.55. The Morgan fingerprint density at radius 1 is 1.00 bits per heavy atom. The molecule has 1 aliphatic heterocycles. The van der Waals surface area contributed by atoms with Crippen molar-refractivity contribution in [2.24, 2.45) is 17.8 Å². The SMILES string of the molecule is COC(=C(C(C)C)C(C)C)C1CCC(Cl)C(B2OC(C)(C)C(C)(C)O2)C1. The maximum Gasteiger partial charge on any atom is 0.462 e. The van der Waals surface area contributed by atoms with Gasteiger partial charge in [0.25, 0.3) is 0 Å². The third-order valence-corrected chi connectivity index (χ3v) is 7.09. The summed E-state index contributed by atoms with van der Waals surface area (Å²) < 4.78 is 18.6. The molecule has 26 heavy (non-hydrogen) atoms. The van der Waals surface area contributed by atoms with E-state index >= 15 is 0 Å². The molecular weight excluding hydrogens is 346 g/mol. The van der Waals surface area contributed by atoms with Crippen LogP contribution >= 0.6 is 11.6 Å². The number of alkyl halides is 1. The molecule has 1 saturated heterocycles. The van der Waals surface area contributed by atoms with Crippen LogP contribution in [0.3, 0.4) is 0 Å². The van der Waals surface area contributed by atoms with Crippen molar-refractivity contribution in [3.8, 4) is 0 Å². The minimum atomic E-state index is -0.317. The van der Waals surface area contributed by atoms with Crippen LogP contribution in [0.5, 0.6) is 0 Å². The molecule has 5 heteroatoms. The van der Waals surface area contributed by atoms with Crippen molar-refractivity contribution >= 4 is 18.7 Å². The number of rotatable bonds is 5. The molecule has 0 aromatic heterocycles. The molecule has 0 amide bonds. The van der Waals surface area contributed by atoms with Crippen molar-refractivity contribution in [3.63, 3.8) is 0 Å². The summed E-state index contributed by atoms with van der Waals surface area (Å²) in [5.41, 5.74) is 0.794. The monoisotopic (exact) mass is 384 g/mol. The Morgan fingerprint density at radius 3 is 1.92 bits per heavy atom. The highest BCUT2D eigenvalue weighted by Gasteiger charge is 2.56. The highest BCUT2D eigenvalue weighted by atomic mass is 35.5. The average Bonchev–Trinajstić information content (AvgIpc) is 2.72. The average molecular weight is 385 g/mol. The fourth-order valence-corrected chi connectivity index (χ4v) is 4.86. The van der Waals surface area contributed by atoms with Gasteiger partial charge in [-0.25, -0.2) is 0 Å². The van der Waals surface area contributed by atoms with Crippen molar-refractivity contribution in [2.45, 2.75) is 97.0 Å². The van der Waals surface area contributed by atoms with Gasteiger partial charge in [-0.05, 0) is 64.4 Å². The van der Waals surface area contributed by atoms with Crippen molar-refractivity contribution in [1.29, 1.82) is 0 Å². The van der Waals surface area contributed by atoms with Crippen LogP contribution in [0.25, 0.3) is 0 Å². The summed E-state index contributed by atoms with van der Waals surface area (Å²) in [6.45, 7) is 17.4. The Hall–Kier alpha value is -0.185. The summed E-state index contributed by atoms with van der Waals surface area (Å²) >= 11 is 6.75. The lowest BCUT2D eigenvalue weighted by Crippen LogP contribution is -2.41. The van der Waals surface area contributed by atoms with Crippen LogP contribution in [0.15, 0.2) is 11.3 Å². The minimum absolute atomic E-state index is 0.0839. The zero-order valence-electron chi connectivity index (χ0n) is 18.2. The quantitative estimate of drug-likeness (QED) is 0.327. The van der Waals surface area contributed by atoms with Gasteiger partial charge in [0.05, 0.1) is 24.1 Å². The van der Waals surface area contributed by atoms with Crippen LogP contribution in [-0.4, -0.2) is 30.8 Å². The van der Waals surface area contributed by atoms with Crippen LogP contribution in [-0.2, 0) is 14.0 Å². The number of halogens is 1. The van der Waals surface area contributed by atoms with Crippen molar-refractivity contribution in [3.05, 3.63) is 11.3 Å². The van der Waals surface area contributed by atoms with E-state index in [0.29, 0.717) is 17.8 Å². The first-order valence-corrected chi connectivity index (χ1v) is 10.6. The molecule has 0 aromatic rings. The number of allylic oxidation sites excluding steroid dienone is 2. The van der Waals surface area contributed by atoms with Gasteiger partial charge in [0.2, 0.25) is 0 Å². The first kappa shape index (κ1) is 22.1. The minimum Gasteiger partial charge on any atom is -0.501 e. The molecule has 1 saturated carbocycles. The number of ether oxygens (including phenoxy) is 1. The van der Waals surface area contributed by atoms with Gasteiger partial charge in [-0.15, -0.1) is 11.6 Å². The zero-order chi connectivity index (χ0) is 19.9. The van der Waals surface area contributed by atoms with Gasteiger partial charge in [-0.1, -0.05) is 27.7 Å². The first-order valence-electron chi connectivity index (χ1n) is 10.2. The smallest absolute Gasteiger partial charge is 0.462 e. The van der Waals surface area contributed by atoms with Gasteiger partial charge in [-0.2, -0.15) is 0 Å². The largest absolute Gasteiger partial charge is 0.501 e. The van der Waals surface area contributed by atoms with Gasteiger partial charge in [0, 0.05) is 17.1 Å². The van der Waals surface area contributed by atoms with Crippen LogP contribution < -0.4 is 0 Å². The van der Waals surface area contributed by atoms with E-state index in [1.54, 1.807) is 0 Å². The summed E-state index contributed by atoms with van der Waals surface area (Å²) in [7, 11) is 1.57. The molecule has 1 heterocycles. The van der Waals surface area contributed by atoms with Crippen LogP contribution in [0.1, 0.15) is 74.7 Å². The normalized spacial score (nSPS) is 30.8. The van der Waals surface area contributed by atoms with Gasteiger partial charge >= 0.3 is 7.12 Å². The zero-order valence-corrected chi connectivity index (χ0v) is 18.9. The Kier molecular flexibility index (Phi) is 6.84. The third kappa shape index (κ3) is 4.28. The highest BCUT2D eigenvalue weighted by molar-refractivity contribution is 6.49. The van der Waals surface area contributed by atoms with Gasteiger partial charge in [0.15, 0.2) is 0 Å². The molecule has 0 N–H and O–H groups in total. The Labute approximate surface area is 166 Å². The summed E-state index contributed by atoms with van der Waals surface area (Å²) in [6.07, 6.45) is 2.99. The molecule has 2 fully saturated rings. The molecule has 0 bridgehead atoms. The molecule has 3 atom stereocenters. The van der Waals surface area contributed by atoms with E-state index in [4.69, 9.17) is 25.6 Å². The molecule has 2 aliphatic rings. The summed E-state index contributed by atoms with van der Waals surface area (Å²) in [5.74, 6) is 2.70. The lowest BCUT2D eigenvalue weighted by molar-refractivity contribution is 0.00578. The molecule has 3 unspecified atom stereocenters. The van der Waals surface area contributed by atoms with Crippen molar-refractivity contribution in [1.82, 2.24) is 0 Å². The second kappa shape index (κ2) is 8.05. The molecule has 2 rings (SSSR count). The number of hydrogen-bond acceptors (Lipinski definition) is 3. The standard InChI is InChI=1S/C21H38BClO3/c1-13(2)18(14(3)4)19(24-9)15-10-11-17(23)16(12-15)22-25-20(5,6)21(7,8)26-22/h13-17H,10-12H2,1-9H3. The van der Waals surface area contributed by atoms with E-state index in [2.05, 4.69) is 55.4 Å². The Balaban J connectivity index is 2.26. The van der Waals surface area contributed by atoms with Crippen LogP contribution in [0.2, 0.25) is 5.82 Å². The molecule has 0 aromatic carbocycles. The molecule has 150 valence electrons. The lowest BCUT2D eigenvalue weighted by atomic mass is 9.61. The Morgan fingerprint density at radius 2 is 1.50 bits per heavy atom. The topological polar surface area (TPSA) is 27.7 Å². The maximum atomic E-state index is 6.75. The molecular formula is C21H38BClO3. The summed E-state index contributed by atoms with van der Waals surface area (Å²) in [5, 5.41) is 0.0839. The second-order valence-corrected chi connectivity index (χ2v) is 10.2. The maximum absolute atomic E-state index is 6.75. The molecule has 0 radical (unpaired) electrons. The predicted molar refractivity (Wildman–Crippen MR) is 111 cm³/mol. The van der Waals surface area contributed by atoms with Crippen molar-refractivity contribution in [2.75, 3.05) is 7.11 Å². The first-order chi connectivity index (χ1) is 11.9. The highest BCUT2D eigenvalue weighted by Crippen LogP contribution is 2.48. The summed E-state index contributed by atoms with van der Waals surface area (Å²) in [4.78, 5) is 0. The van der Waals surface area contributed by atoms with Crippen LogP contribution in [0.4, 0.5) is 0 Å². The molecule has 0 spiro atoms. The van der Waals surface area contributed by atoms with E-state index in [-0.39, 0.29) is 29.5 Å². The van der Waals surface area contributed by atoms with E-state index in [0.717, 1.165) is 19.3 Å². The number of hydrogen-bond donors (Lipinski definition) is 0. The van der Waals surface area contributed by atoms with Gasteiger partial charge < -0.3 is 14.0 Å². The lowest BCUT2D eigenvalue weighted by Gasteiger charge is -2.36. The van der Waals surface area contributed by atoms with Crippen molar-refractivity contribution < 1.29 is 14.0 Å². The predicted octanol–water partition coefficient (Wildman–Crippen LogP) is 6.07. The second-order valence-electron chi connectivity index (χ2n) is 9.65. The fourth-order valence-electron chi connectivity index (χ4n) is 4.51. The van der Waals surface area contributed by atoms with E-state index in [9.17, 15) is 0 Å². The van der Waals surface area contributed by atoms with Gasteiger partial charge in [0.1, 0.15) is 0 Å². The van der Waals surface area contributed by atoms with E-state index in [1.807, 2.05) is 7.11 Å².